The van der Waals surface area contributed by atoms with E-state index in [0.29, 0.717) is 5.56 Å². The number of benzene rings is 1. The molecule has 96 valence electrons. The number of para-hydroxylation sites is 1. The topological polar surface area (TPSA) is 44.9 Å². The largest absolute Gasteiger partial charge is 0.358 e. The van der Waals surface area contributed by atoms with Gasteiger partial charge in [-0.15, -0.1) is 6.42 Å². The first-order chi connectivity index (χ1) is 9.31. The number of amides is 1. The Kier molecular flexibility index (Phi) is 3.00. The van der Waals surface area contributed by atoms with Crippen molar-refractivity contribution in [2.24, 2.45) is 0 Å². The maximum absolute atomic E-state index is 12.1. The maximum Gasteiger partial charge on any atom is 0.254 e. The van der Waals surface area contributed by atoms with Crippen LogP contribution in [0.2, 0.25) is 0 Å². The summed E-state index contributed by atoms with van der Waals surface area (Å²) in [5.41, 5.74) is 4.30. The number of aromatic amines is 1. The van der Waals surface area contributed by atoms with Gasteiger partial charge in [-0.3, -0.25) is 4.79 Å². The molecule has 0 radical (unpaired) electrons. The predicted octanol–water partition coefficient (Wildman–Crippen LogP) is 2.41. The molecule has 3 heteroatoms. The second kappa shape index (κ2) is 4.81. The van der Waals surface area contributed by atoms with Gasteiger partial charge in [0.25, 0.3) is 5.91 Å². The number of aromatic nitrogens is 1. The van der Waals surface area contributed by atoms with E-state index in [4.69, 9.17) is 6.42 Å². The molecule has 3 rings (SSSR count). The lowest BCUT2D eigenvalue weighted by Crippen LogP contribution is -2.23. The van der Waals surface area contributed by atoms with Gasteiger partial charge in [-0.2, -0.15) is 0 Å². The zero-order valence-electron chi connectivity index (χ0n) is 10.8. The summed E-state index contributed by atoms with van der Waals surface area (Å²) >= 11 is 0. The molecule has 1 aromatic carbocycles. The number of aryl methyl sites for hydroxylation is 2. The van der Waals surface area contributed by atoms with Crippen LogP contribution in [-0.4, -0.2) is 17.4 Å². The summed E-state index contributed by atoms with van der Waals surface area (Å²) in [6.45, 7) is 0.260. The highest BCUT2D eigenvalue weighted by Gasteiger charge is 2.18. The van der Waals surface area contributed by atoms with Crippen molar-refractivity contribution in [3.8, 4) is 12.3 Å². The molecule has 0 aliphatic heterocycles. The normalized spacial score (nSPS) is 13.8. The third kappa shape index (κ3) is 2.00. The molecule has 2 aromatic rings. The average Bonchev–Trinajstić information content (AvgIpc) is 2.83. The van der Waals surface area contributed by atoms with Crippen molar-refractivity contribution in [1.82, 2.24) is 10.3 Å². The van der Waals surface area contributed by atoms with Crippen LogP contribution in [-0.2, 0) is 12.8 Å². The lowest BCUT2D eigenvalue weighted by Gasteiger charge is -2.10. The predicted molar refractivity (Wildman–Crippen MR) is 76.1 cm³/mol. The molecule has 0 atom stereocenters. The van der Waals surface area contributed by atoms with Gasteiger partial charge in [0.05, 0.1) is 17.6 Å². The molecule has 2 N–H and O–H groups in total. The molecule has 3 nitrogen and oxygen atoms in total. The van der Waals surface area contributed by atoms with Crippen LogP contribution in [0.3, 0.4) is 0 Å². The fourth-order valence-corrected chi connectivity index (χ4v) is 2.85. The number of carbonyl (C=O) groups is 1. The minimum Gasteiger partial charge on any atom is -0.358 e. The van der Waals surface area contributed by atoms with E-state index in [1.807, 2.05) is 12.1 Å². The molecule has 1 aromatic heterocycles. The Hall–Kier alpha value is -2.21. The van der Waals surface area contributed by atoms with Crippen molar-refractivity contribution in [2.45, 2.75) is 25.7 Å². The van der Waals surface area contributed by atoms with Gasteiger partial charge < -0.3 is 10.3 Å². The number of H-pyrrole nitrogens is 1. The third-order valence-corrected chi connectivity index (χ3v) is 3.73. The van der Waals surface area contributed by atoms with Gasteiger partial charge in [0.15, 0.2) is 0 Å². The van der Waals surface area contributed by atoms with Crippen LogP contribution < -0.4 is 5.32 Å². The maximum atomic E-state index is 12.1. The summed E-state index contributed by atoms with van der Waals surface area (Å²) in [6, 6.07) is 5.87. The second-order valence-electron chi connectivity index (χ2n) is 4.90. The van der Waals surface area contributed by atoms with Gasteiger partial charge in [0.2, 0.25) is 0 Å². The Bertz CT molecular complexity index is 676. The van der Waals surface area contributed by atoms with E-state index in [-0.39, 0.29) is 12.5 Å². The van der Waals surface area contributed by atoms with E-state index >= 15 is 0 Å². The Morgan fingerprint density at radius 3 is 3.05 bits per heavy atom. The highest BCUT2D eigenvalue weighted by Crippen LogP contribution is 2.30. The van der Waals surface area contributed by atoms with Crippen LogP contribution in [0.25, 0.3) is 10.9 Å². The lowest BCUT2D eigenvalue weighted by atomic mass is 9.95. The molecular formula is C16H16N2O. The first-order valence-electron chi connectivity index (χ1n) is 6.65. The van der Waals surface area contributed by atoms with Gasteiger partial charge >= 0.3 is 0 Å². The number of fused-ring (bicyclic) bond motifs is 3. The van der Waals surface area contributed by atoms with Crippen LogP contribution in [0.15, 0.2) is 18.2 Å². The number of terminal acetylenes is 1. The van der Waals surface area contributed by atoms with E-state index in [2.05, 4.69) is 22.3 Å². The smallest absolute Gasteiger partial charge is 0.254 e. The Morgan fingerprint density at radius 2 is 2.21 bits per heavy atom. The van der Waals surface area contributed by atoms with Crippen molar-refractivity contribution in [3.05, 3.63) is 35.0 Å². The lowest BCUT2D eigenvalue weighted by molar-refractivity contribution is 0.0960. The molecule has 0 saturated carbocycles. The van der Waals surface area contributed by atoms with E-state index in [9.17, 15) is 4.79 Å². The fraction of sp³-hybridized carbons (Fsp3) is 0.312. The minimum atomic E-state index is -0.109. The summed E-state index contributed by atoms with van der Waals surface area (Å²) in [7, 11) is 0. The summed E-state index contributed by atoms with van der Waals surface area (Å²) in [5, 5.41) is 3.91. The average molecular weight is 252 g/mol. The zero-order valence-corrected chi connectivity index (χ0v) is 10.8. The van der Waals surface area contributed by atoms with Gasteiger partial charge in [0, 0.05) is 11.1 Å². The summed E-state index contributed by atoms with van der Waals surface area (Å²) in [4.78, 5) is 15.5. The quantitative estimate of drug-likeness (QED) is 0.792. The zero-order chi connectivity index (χ0) is 13.2. The number of nitrogens with one attached hydrogen (secondary N) is 2. The summed E-state index contributed by atoms with van der Waals surface area (Å²) in [5.74, 6) is 2.31. The van der Waals surface area contributed by atoms with Crippen LogP contribution in [0.1, 0.15) is 34.5 Å². The molecule has 1 aliphatic rings. The molecule has 19 heavy (non-hydrogen) atoms. The fourth-order valence-electron chi connectivity index (χ4n) is 2.85. The highest BCUT2D eigenvalue weighted by atomic mass is 16.1. The Labute approximate surface area is 112 Å². The summed E-state index contributed by atoms with van der Waals surface area (Å²) in [6.07, 6.45) is 9.81. The van der Waals surface area contributed by atoms with Crippen molar-refractivity contribution < 1.29 is 4.79 Å². The summed E-state index contributed by atoms with van der Waals surface area (Å²) < 4.78 is 0. The molecule has 0 saturated heterocycles. The molecule has 0 fully saturated rings. The number of hydrogen-bond donors (Lipinski definition) is 2. The van der Waals surface area contributed by atoms with E-state index < -0.39 is 0 Å². The Balaban J connectivity index is 2.09. The minimum absolute atomic E-state index is 0.109. The van der Waals surface area contributed by atoms with Gasteiger partial charge in [-0.05, 0) is 37.3 Å². The van der Waals surface area contributed by atoms with Crippen LogP contribution in [0, 0.1) is 12.3 Å². The van der Waals surface area contributed by atoms with E-state index in [0.717, 1.165) is 18.4 Å². The first kappa shape index (κ1) is 11.9. The highest BCUT2D eigenvalue weighted by molar-refractivity contribution is 6.06. The van der Waals surface area contributed by atoms with Gasteiger partial charge in [-0.1, -0.05) is 18.1 Å². The van der Waals surface area contributed by atoms with Gasteiger partial charge in [0.1, 0.15) is 0 Å². The van der Waals surface area contributed by atoms with E-state index in [1.54, 1.807) is 0 Å². The molecular weight excluding hydrogens is 236 g/mol. The first-order valence-corrected chi connectivity index (χ1v) is 6.65. The molecule has 0 bridgehead atoms. The van der Waals surface area contributed by atoms with Crippen LogP contribution >= 0.6 is 0 Å². The molecule has 0 spiro atoms. The second-order valence-corrected chi connectivity index (χ2v) is 4.90. The molecule has 1 amide bonds. The number of rotatable bonds is 2. The van der Waals surface area contributed by atoms with Crippen molar-refractivity contribution in [3.63, 3.8) is 0 Å². The standard InChI is InChI=1S/C16H16N2O/c1-2-10-17-16(19)13-8-5-7-12-11-6-3-4-9-14(11)18-15(12)13/h1,5,7-8,18H,3-4,6,9-10H2,(H,17,19). The van der Waals surface area contributed by atoms with Gasteiger partial charge in [-0.25, -0.2) is 0 Å². The molecule has 0 unspecified atom stereocenters. The number of carbonyl (C=O) groups excluding carboxylic acids is 1. The van der Waals surface area contributed by atoms with Crippen LogP contribution in [0.5, 0.6) is 0 Å². The number of hydrogen-bond acceptors (Lipinski definition) is 1. The van der Waals surface area contributed by atoms with Crippen molar-refractivity contribution in [2.75, 3.05) is 6.54 Å². The SMILES string of the molecule is C#CCNC(=O)c1cccc2c3c([nH]c12)CCCC3. The monoisotopic (exact) mass is 252 g/mol. The van der Waals surface area contributed by atoms with Crippen LogP contribution in [0.4, 0.5) is 0 Å². The third-order valence-electron chi connectivity index (χ3n) is 3.73. The molecule has 1 aliphatic carbocycles. The van der Waals surface area contributed by atoms with Crippen molar-refractivity contribution in [1.29, 1.82) is 0 Å². The molecule has 1 heterocycles. The van der Waals surface area contributed by atoms with E-state index in [1.165, 1.54) is 29.5 Å². The Morgan fingerprint density at radius 1 is 1.37 bits per heavy atom. The van der Waals surface area contributed by atoms with Crippen molar-refractivity contribution >= 4 is 16.8 Å².